The molecule has 1 aromatic heterocycles. The van der Waals surface area contributed by atoms with Crippen molar-refractivity contribution in [3.8, 4) is 0 Å². The van der Waals surface area contributed by atoms with E-state index in [1.165, 1.54) is 21.6 Å². The molecule has 0 radical (unpaired) electrons. The summed E-state index contributed by atoms with van der Waals surface area (Å²) >= 11 is 0. The van der Waals surface area contributed by atoms with Crippen LogP contribution in [0.15, 0.2) is 66.9 Å². The van der Waals surface area contributed by atoms with E-state index < -0.39 is 0 Å². The molecule has 2 amide bonds. The largest absolute Gasteiger partial charge is 0.347 e. The molecule has 0 bridgehead atoms. The maximum atomic E-state index is 12.7. The summed E-state index contributed by atoms with van der Waals surface area (Å²) in [4.78, 5) is 36.4. The highest BCUT2D eigenvalue weighted by molar-refractivity contribution is 6.21. The molecule has 3 aliphatic heterocycles. The van der Waals surface area contributed by atoms with Gasteiger partial charge in [-0.1, -0.05) is 42.5 Å². The van der Waals surface area contributed by atoms with Crippen LogP contribution in [0.5, 0.6) is 0 Å². The van der Waals surface area contributed by atoms with Gasteiger partial charge in [0.2, 0.25) is 0 Å². The van der Waals surface area contributed by atoms with Crippen molar-refractivity contribution >= 4 is 17.6 Å². The molecule has 4 heterocycles. The highest BCUT2D eigenvalue weighted by Gasteiger charge is 2.37. The predicted octanol–water partition coefficient (Wildman–Crippen LogP) is 3.15. The van der Waals surface area contributed by atoms with E-state index in [0.717, 1.165) is 31.9 Å². The number of carbonyl (C=O) groups is 2. The van der Waals surface area contributed by atoms with Crippen molar-refractivity contribution in [1.82, 2.24) is 14.8 Å². The third-order valence-corrected chi connectivity index (χ3v) is 6.92. The molecule has 0 spiro atoms. The minimum atomic E-state index is -0.179. The molecular weight excluding hydrogens is 400 g/mol. The number of imide groups is 1. The Balaban J connectivity index is 1.23. The first-order valence-electron chi connectivity index (χ1n) is 11.2. The van der Waals surface area contributed by atoms with Crippen LogP contribution in [0.4, 0.5) is 5.82 Å². The van der Waals surface area contributed by atoms with Gasteiger partial charge < -0.3 is 4.90 Å². The average Bonchev–Trinajstić information content (AvgIpc) is 2.99. The van der Waals surface area contributed by atoms with Crippen LogP contribution in [0.1, 0.15) is 43.4 Å². The zero-order valence-corrected chi connectivity index (χ0v) is 17.8. The summed E-state index contributed by atoms with van der Waals surface area (Å²) in [5.41, 5.74) is 4.99. The van der Waals surface area contributed by atoms with E-state index in [0.29, 0.717) is 24.2 Å². The summed E-state index contributed by atoms with van der Waals surface area (Å²) in [6.07, 6.45) is 2.77. The maximum absolute atomic E-state index is 12.7. The predicted molar refractivity (Wildman–Crippen MR) is 122 cm³/mol. The van der Waals surface area contributed by atoms with E-state index >= 15 is 0 Å². The Kier molecular flexibility index (Phi) is 4.54. The quantitative estimate of drug-likeness (QED) is 0.605. The van der Waals surface area contributed by atoms with Crippen LogP contribution in [-0.2, 0) is 6.42 Å². The number of fused-ring (bicyclic) bond motifs is 6. The molecule has 3 aliphatic rings. The van der Waals surface area contributed by atoms with Gasteiger partial charge in [-0.15, -0.1) is 0 Å². The number of hydrogen-bond donors (Lipinski definition) is 0. The normalized spacial score (nSPS) is 19.8. The smallest absolute Gasteiger partial charge is 0.261 e. The Labute approximate surface area is 187 Å². The first-order valence-corrected chi connectivity index (χ1v) is 11.2. The highest BCUT2D eigenvalue weighted by Crippen LogP contribution is 2.38. The summed E-state index contributed by atoms with van der Waals surface area (Å²) in [6, 6.07) is 20.1. The molecule has 1 fully saturated rings. The number of benzene rings is 2. The maximum Gasteiger partial charge on any atom is 0.261 e. The van der Waals surface area contributed by atoms with Crippen LogP contribution >= 0.6 is 0 Å². The topological polar surface area (TPSA) is 56.8 Å². The lowest BCUT2D eigenvalue weighted by Crippen LogP contribution is -2.51. The van der Waals surface area contributed by atoms with Gasteiger partial charge in [-0.3, -0.25) is 19.4 Å². The van der Waals surface area contributed by atoms with Crippen molar-refractivity contribution in [3.05, 3.63) is 94.7 Å². The van der Waals surface area contributed by atoms with E-state index in [1.807, 2.05) is 24.4 Å². The monoisotopic (exact) mass is 424 g/mol. The Morgan fingerprint density at radius 3 is 2.34 bits per heavy atom. The van der Waals surface area contributed by atoms with Gasteiger partial charge in [-0.05, 0) is 34.9 Å². The molecule has 6 heteroatoms. The second-order valence-corrected chi connectivity index (χ2v) is 8.68. The van der Waals surface area contributed by atoms with Gasteiger partial charge in [-0.2, -0.15) is 0 Å². The summed E-state index contributed by atoms with van der Waals surface area (Å²) in [7, 11) is 0. The molecule has 6 nitrogen and oxygen atoms in total. The lowest BCUT2D eigenvalue weighted by molar-refractivity contribution is 0.0631. The molecule has 6 rings (SSSR count). The van der Waals surface area contributed by atoms with E-state index in [9.17, 15) is 9.59 Å². The van der Waals surface area contributed by atoms with Crippen LogP contribution in [-0.4, -0.2) is 59.3 Å². The van der Waals surface area contributed by atoms with Gasteiger partial charge in [0.15, 0.2) is 0 Å². The number of rotatable bonds is 3. The molecule has 160 valence electrons. The fraction of sp³-hybridized carbons (Fsp3) is 0.269. The molecule has 0 aliphatic carbocycles. The number of hydrogen-bond acceptors (Lipinski definition) is 5. The molecule has 1 saturated heterocycles. The van der Waals surface area contributed by atoms with Crippen LogP contribution in [0.3, 0.4) is 0 Å². The average molecular weight is 425 g/mol. The molecular formula is C26H24N4O2. The van der Waals surface area contributed by atoms with E-state index in [2.05, 4.69) is 40.1 Å². The number of pyridine rings is 1. The Morgan fingerprint density at radius 2 is 1.53 bits per heavy atom. The van der Waals surface area contributed by atoms with E-state index in [-0.39, 0.29) is 17.9 Å². The molecule has 1 atom stereocenters. The Morgan fingerprint density at radius 1 is 0.812 bits per heavy atom. The van der Waals surface area contributed by atoms with Crippen molar-refractivity contribution in [2.24, 2.45) is 0 Å². The zero-order chi connectivity index (χ0) is 21.7. The molecule has 0 unspecified atom stereocenters. The van der Waals surface area contributed by atoms with Gasteiger partial charge in [-0.25, -0.2) is 4.98 Å². The lowest BCUT2D eigenvalue weighted by Gasteiger charge is -2.42. The molecule has 3 aromatic rings. The minimum absolute atomic E-state index is 0.179. The first-order chi connectivity index (χ1) is 15.7. The van der Waals surface area contributed by atoms with Gasteiger partial charge in [0.25, 0.3) is 11.8 Å². The summed E-state index contributed by atoms with van der Waals surface area (Å²) in [5, 5.41) is 0. The second-order valence-electron chi connectivity index (χ2n) is 8.68. The number of piperazine rings is 1. The van der Waals surface area contributed by atoms with Crippen LogP contribution in [0.25, 0.3) is 0 Å². The van der Waals surface area contributed by atoms with Crippen molar-refractivity contribution < 1.29 is 9.59 Å². The fourth-order valence-corrected chi connectivity index (χ4v) is 5.30. The van der Waals surface area contributed by atoms with E-state index in [1.54, 1.807) is 12.1 Å². The van der Waals surface area contributed by atoms with Crippen molar-refractivity contribution in [2.75, 3.05) is 37.6 Å². The molecule has 2 aromatic carbocycles. The number of carbonyl (C=O) groups excluding carboxylic acids is 2. The summed E-state index contributed by atoms with van der Waals surface area (Å²) < 4.78 is 0. The van der Waals surface area contributed by atoms with E-state index in [4.69, 9.17) is 4.98 Å². The lowest BCUT2D eigenvalue weighted by atomic mass is 9.96. The highest BCUT2D eigenvalue weighted by atomic mass is 16.2. The first kappa shape index (κ1) is 19.2. The van der Waals surface area contributed by atoms with Gasteiger partial charge in [0.1, 0.15) is 5.82 Å². The Bertz CT molecular complexity index is 1190. The number of amides is 2. The zero-order valence-electron chi connectivity index (χ0n) is 17.8. The van der Waals surface area contributed by atoms with Crippen molar-refractivity contribution in [2.45, 2.75) is 12.5 Å². The Hall–Kier alpha value is -3.51. The third-order valence-electron chi connectivity index (χ3n) is 6.92. The SMILES string of the molecule is O=C1c2ccccc2C(=O)N1CCN1CCN2c3ncccc3Cc3ccccc3[C@H]2C1. The fourth-order valence-electron chi connectivity index (χ4n) is 5.30. The number of anilines is 1. The molecule has 32 heavy (non-hydrogen) atoms. The summed E-state index contributed by atoms with van der Waals surface area (Å²) in [6.45, 7) is 3.67. The standard InChI is InChI=1S/C26H24N4O2/c31-25-21-9-3-4-10-22(21)26(32)30(25)15-13-28-12-14-29-23(17-28)20-8-2-1-6-18(20)16-19-7-5-11-27-24(19)29/h1-11,23H,12-17H2/t23-/m1/s1. The van der Waals surface area contributed by atoms with Crippen LogP contribution < -0.4 is 4.90 Å². The third kappa shape index (κ3) is 3.02. The molecule has 0 saturated carbocycles. The second kappa shape index (κ2) is 7.57. The minimum Gasteiger partial charge on any atom is -0.347 e. The number of nitrogens with zero attached hydrogens (tertiary/aromatic N) is 4. The summed E-state index contributed by atoms with van der Waals surface area (Å²) in [5.74, 6) is 0.720. The number of aromatic nitrogens is 1. The van der Waals surface area contributed by atoms with Gasteiger partial charge in [0, 0.05) is 45.3 Å². The van der Waals surface area contributed by atoms with Crippen molar-refractivity contribution in [1.29, 1.82) is 0 Å². The van der Waals surface area contributed by atoms with Gasteiger partial charge >= 0.3 is 0 Å². The molecule has 0 N–H and O–H groups in total. The van der Waals surface area contributed by atoms with Gasteiger partial charge in [0.05, 0.1) is 17.2 Å². The van der Waals surface area contributed by atoms with Crippen molar-refractivity contribution in [3.63, 3.8) is 0 Å². The van der Waals surface area contributed by atoms with Crippen LogP contribution in [0, 0.1) is 0 Å². The van der Waals surface area contributed by atoms with Crippen LogP contribution in [0.2, 0.25) is 0 Å².